The lowest BCUT2D eigenvalue weighted by molar-refractivity contribution is -0.384. The summed E-state index contributed by atoms with van der Waals surface area (Å²) in [6.45, 7) is -0.164. The fraction of sp³-hybridized carbons (Fsp3) is 0.0667. The number of carbonyl (C=O) groups is 1. The Morgan fingerprint density at radius 1 is 1.30 bits per heavy atom. The zero-order valence-corrected chi connectivity index (χ0v) is 13.4. The predicted molar refractivity (Wildman–Crippen MR) is 88.5 cm³/mol. The Morgan fingerprint density at radius 3 is 2.70 bits per heavy atom. The van der Waals surface area contributed by atoms with Crippen LogP contribution in [0.3, 0.4) is 0 Å². The molecule has 0 radical (unpaired) electrons. The molecule has 0 spiro atoms. The van der Waals surface area contributed by atoms with Crippen molar-refractivity contribution in [2.24, 2.45) is 5.10 Å². The first-order valence-corrected chi connectivity index (χ1v) is 7.29. The summed E-state index contributed by atoms with van der Waals surface area (Å²) in [5.74, 6) is 0.174. The molecular formula is C15H12BrN3O4. The van der Waals surface area contributed by atoms with Crippen LogP contribution in [-0.4, -0.2) is 23.7 Å². The van der Waals surface area contributed by atoms with Gasteiger partial charge >= 0.3 is 0 Å². The Hall–Kier alpha value is -2.74. The molecule has 2 aromatic rings. The third-order valence-corrected chi connectivity index (χ3v) is 3.39. The van der Waals surface area contributed by atoms with Gasteiger partial charge in [-0.2, -0.15) is 5.10 Å². The highest BCUT2D eigenvalue weighted by atomic mass is 79.9. The molecular weight excluding hydrogens is 366 g/mol. The number of nitrogens with zero attached hydrogens (tertiary/aromatic N) is 2. The molecule has 0 aliphatic heterocycles. The molecule has 0 saturated carbocycles. The van der Waals surface area contributed by atoms with Crippen LogP contribution in [0.4, 0.5) is 5.69 Å². The van der Waals surface area contributed by atoms with E-state index in [2.05, 4.69) is 26.5 Å². The molecule has 0 aromatic heterocycles. The smallest absolute Gasteiger partial charge is 0.277 e. The van der Waals surface area contributed by atoms with Gasteiger partial charge in [0.2, 0.25) is 0 Å². The number of halogens is 1. The number of nitro groups is 1. The molecule has 0 atom stereocenters. The molecule has 7 nitrogen and oxygen atoms in total. The normalized spacial score (nSPS) is 10.5. The van der Waals surface area contributed by atoms with Crippen LogP contribution in [-0.2, 0) is 4.79 Å². The molecule has 0 fully saturated rings. The Bertz CT molecular complexity index is 735. The zero-order valence-electron chi connectivity index (χ0n) is 11.8. The molecule has 2 aromatic carbocycles. The Kier molecular flexibility index (Phi) is 5.81. The van der Waals surface area contributed by atoms with Crippen LogP contribution in [0.1, 0.15) is 5.56 Å². The molecule has 0 aliphatic rings. The lowest BCUT2D eigenvalue weighted by Crippen LogP contribution is -2.24. The first-order valence-electron chi connectivity index (χ1n) is 6.50. The SMILES string of the molecule is O=C(COc1ccccc1)N/N=C\c1ccc([N+](=O)[O-])cc1Br. The van der Waals surface area contributed by atoms with Gasteiger partial charge in [-0.3, -0.25) is 14.9 Å². The number of hydrazone groups is 1. The maximum absolute atomic E-state index is 11.6. The highest BCUT2D eigenvalue weighted by Crippen LogP contribution is 2.21. The third kappa shape index (κ3) is 5.19. The number of ether oxygens (including phenoxy) is 1. The van der Waals surface area contributed by atoms with Gasteiger partial charge in [-0.1, -0.05) is 18.2 Å². The fourth-order valence-electron chi connectivity index (χ4n) is 1.61. The molecule has 2 rings (SSSR count). The largest absolute Gasteiger partial charge is 0.484 e. The number of rotatable bonds is 6. The molecule has 118 valence electrons. The summed E-state index contributed by atoms with van der Waals surface area (Å²) in [6.07, 6.45) is 1.38. The van der Waals surface area contributed by atoms with Crippen molar-refractivity contribution in [1.82, 2.24) is 5.43 Å². The maximum Gasteiger partial charge on any atom is 0.277 e. The number of nitro benzene ring substituents is 1. The van der Waals surface area contributed by atoms with E-state index < -0.39 is 10.8 Å². The van der Waals surface area contributed by atoms with E-state index in [4.69, 9.17) is 4.74 Å². The van der Waals surface area contributed by atoms with Crippen LogP contribution >= 0.6 is 15.9 Å². The number of nitrogens with one attached hydrogen (secondary N) is 1. The third-order valence-electron chi connectivity index (χ3n) is 2.70. The van der Waals surface area contributed by atoms with E-state index >= 15 is 0 Å². The minimum atomic E-state index is -0.492. The van der Waals surface area contributed by atoms with E-state index in [0.29, 0.717) is 15.8 Å². The van der Waals surface area contributed by atoms with Crippen molar-refractivity contribution in [2.75, 3.05) is 6.61 Å². The van der Waals surface area contributed by atoms with Crippen LogP contribution in [0.5, 0.6) is 5.75 Å². The van der Waals surface area contributed by atoms with E-state index in [1.807, 2.05) is 6.07 Å². The van der Waals surface area contributed by atoms with Gasteiger partial charge in [0.05, 0.1) is 11.1 Å². The average molecular weight is 378 g/mol. The van der Waals surface area contributed by atoms with Crippen molar-refractivity contribution in [2.45, 2.75) is 0 Å². The number of hydrogen-bond donors (Lipinski definition) is 1. The minimum Gasteiger partial charge on any atom is -0.484 e. The Balaban J connectivity index is 1.86. The van der Waals surface area contributed by atoms with Gasteiger partial charge in [0.25, 0.3) is 11.6 Å². The molecule has 1 amide bonds. The van der Waals surface area contributed by atoms with E-state index in [9.17, 15) is 14.9 Å². The highest BCUT2D eigenvalue weighted by molar-refractivity contribution is 9.10. The number of amides is 1. The van der Waals surface area contributed by atoms with Crippen molar-refractivity contribution < 1.29 is 14.5 Å². The molecule has 8 heteroatoms. The second-order valence-corrected chi connectivity index (χ2v) is 5.21. The van der Waals surface area contributed by atoms with E-state index in [0.717, 1.165) is 0 Å². The molecule has 23 heavy (non-hydrogen) atoms. The number of carbonyl (C=O) groups excluding carboxylic acids is 1. The molecule has 0 heterocycles. The van der Waals surface area contributed by atoms with Crippen molar-refractivity contribution in [3.63, 3.8) is 0 Å². The summed E-state index contributed by atoms with van der Waals surface area (Å²) >= 11 is 3.21. The average Bonchev–Trinajstić information content (AvgIpc) is 2.55. The second-order valence-electron chi connectivity index (χ2n) is 4.36. The van der Waals surface area contributed by atoms with Gasteiger partial charge in [0.1, 0.15) is 5.75 Å². The van der Waals surface area contributed by atoms with Crippen molar-refractivity contribution in [3.8, 4) is 5.75 Å². The molecule has 1 N–H and O–H groups in total. The van der Waals surface area contributed by atoms with Gasteiger partial charge in [0.15, 0.2) is 6.61 Å². The van der Waals surface area contributed by atoms with Crippen LogP contribution in [0, 0.1) is 10.1 Å². The summed E-state index contributed by atoms with van der Waals surface area (Å²) in [5.41, 5.74) is 2.88. The Labute approximate surface area is 140 Å². The zero-order chi connectivity index (χ0) is 16.7. The highest BCUT2D eigenvalue weighted by Gasteiger charge is 2.08. The number of para-hydroxylation sites is 1. The van der Waals surface area contributed by atoms with Crippen LogP contribution < -0.4 is 10.2 Å². The first-order chi connectivity index (χ1) is 11.1. The monoisotopic (exact) mass is 377 g/mol. The van der Waals surface area contributed by atoms with E-state index in [1.165, 1.54) is 24.4 Å². The molecule has 0 aliphatic carbocycles. The Morgan fingerprint density at radius 2 is 2.04 bits per heavy atom. The summed E-state index contributed by atoms with van der Waals surface area (Å²) in [5, 5.41) is 14.4. The standard InChI is InChI=1S/C15H12BrN3O4/c16-14-8-12(19(21)22)7-6-11(14)9-17-18-15(20)10-23-13-4-2-1-3-5-13/h1-9H,10H2,(H,18,20)/b17-9-. The summed E-state index contributed by atoms with van der Waals surface area (Å²) < 4.78 is 5.77. The number of non-ortho nitro benzene ring substituents is 1. The summed E-state index contributed by atoms with van der Waals surface area (Å²) in [4.78, 5) is 21.7. The fourth-order valence-corrected chi connectivity index (χ4v) is 2.08. The summed E-state index contributed by atoms with van der Waals surface area (Å²) in [7, 11) is 0. The van der Waals surface area contributed by atoms with Gasteiger partial charge in [0, 0.05) is 22.2 Å². The van der Waals surface area contributed by atoms with Crippen LogP contribution in [0.25, 0.3) is 0 Å². The molecule has 0 unspecified atom stereocenters. The second kappa shape index (κ2) is 8.04. The van der Waals surface area contributed by atoms with Crippen molar-refractivity contribution >= 4 is 33.7 Å². The topological polar surface area (TPSA) is 93.8 Å². The quantitative estimate of drug-likeness (QED) is 0.475. The van der Waals surface area contributed by atoms with Gasteiger partial charge in [-0.05, 0) is 34.1 Å². The van der Waals surface area contributed by atoms with E-state index in [1.54, 1.807) is 24.3 Å². The first kappa shape index (κ1) is 16.6. The predicted octanol–water partition coefficient (Wildman–Crippen LogP) is 2.89. The van der Waals surface area contributed by atoms with Gasteiger partial charge in [-0.15, -0.1) is 0 Å². The summed E-state index contributed by atoms with van der Waals surface area (Å²) in [6, 6.07) is 13.2. The molecule has 0 bridgehead atoms. The van der Waals surface area contributed by atoms with Gasteiger partial charge in [-0.25, -0.2) is 5.43 Å². The van der Waals surface area contributed by atoms with Gasteiger partial charge < -0.3 is 4.74 Å². The number of hydrogen-bond acceptors (Lipinski definition) is 5. The van der Waals surface area contributed by atoms with E-state index in [-0.39, 0.29) is 12.3 Å². The van der Waals surface area contributed by atoms with Crippen LogP contribution in [0.15, 0.2) is 58.1 Å². The lowest BCUT2D eigenvalue weighted by atomic mass is 10.2. The molecule has 0 saturated heterocycles. The van der Waals surface area contributed by atoms with Crippen LogP contribution in [0.2, 0.25) is 0 Å². The van der Waals surface area contributed by atoms with Crippen molar-refractivity contribution in [3.05, 3.63) is 68.7 Å². The lowest BCUT2D eigenvalue weighted by Gasteiger charge is -2.04. The maximum atomic E-state index is 11.6. The minimum absolute atomic E-state index is 0.0330. The number of benzene rings is 2. The van der Waals surface area contributed by atoms with Crippen molar-refractivity contribution in [1.29, 1.82) is 0 Å².